The van der Waals surface area contributed by atoms with Gasteiger partial charge in [-0.15, -0.1) is 0 Å². The maximum atomic E-state index is 4.83. The molecule has 0 saturated heterocycles. The van der Waals surface area contributed by atoms with Crippen molar-refractivity contribution in [3.63, 3.8) is 0 Å². The summed E-state index contributed by atoms with van der Waals surface area (Å²) in [5.74, 6) is 0.985. The summed E-state index contributed by atoms with van der Waals surface area (Å²) in [4.78, 5) is 4.83. The number of aromatic nitrogens is 2. The van der Waals surface area contributed by atoms with E-state index in [0.717, 1.165) is 34.4 Å². The molecule has 1 heterocycles. The molecule has 0 saturated carbocycles. The van der Waals surface area contributed by atoms with Gasteiger partial charge in [0.15, 0.2) is 0 Å². The summed E-state index contributed by atoms with van der Waals surface area (Å²) >= 11 is 0. The number of aryl methyl sites for hydroxylation is 1. The van der Waals surface area contributed by atoms with E-state index in [9.17, 15) is 0 Å². The van der Waals surface area contributed by atoms with Crippen LogP contribution in [-0.2, 0) is 13.5 Å². The quantitative estimate of drug-likeness (QED) is 0.486. The van der Waals surface area contributed by atoms with Gasteiger partial charge in [0.25, 0.3) is 0 Å². The summed E-state index contributed by atoms with van der Waals surface area (Å²) in [5.41, 5.74) is 6.99. The number of nitrogens with zero attached hydrogens (tertiary/aromatic N) is 2. The Morgan fingerprint density at radius 1 is 0.920 bits per heavy atom. The number of hydrogen-bond acceptors (Lipinski definition) is 1. The molecule has 4 aromatic rings. The Labute approximate surface area is 148 Å². The largest absolute Gasteiger partial charge is 0.327 e. The first kappa shape index (κ1) is 15.4. The second-order valence-electron chi connectivity index (χ2n) is 6.31. The third kappa shape index (κ3) is 2.99. The lowest BCUT2D eigenvalue weighted by molar-refractivity contribution is 0.958. The highest BCUT2D eigenvalue weighted by Crippen LogP contribution is 2.26. The van der Waals surface area contributed by atoms with Crippen LogP contribution in [-0.4, -0.2) is 9.55 Å². The van der Waals surface area contributed by atoms with Crippen molar-refractivity contribution in [3.8, 4) is 11.4 Å². The summed E-state index contributed by atoms with van der Waals surface area (Å²) in [6, 6.07) is 25.4. The predicted octanol–water partition coefficient (Wildman–Crippen LogP) is 5.47. The van der Waals surface area contributed by atoms with Crippen LogP contribution in [0.5, 0.6) is 0 Å². The molecular formula is C23H20N2. The molecule has 0 fully saturated rings. The molecule has 0 spiro atoms. The van der Waals surface area contributed by atoms with Crippen molar-refractivity contribution in [2.24, 2.45) is 7.05 Å². The van der Waals surface area contributed by atoms with E-state index < -0.39 is 0 Å². The SMILES string of the molecule is C=Cc1cc(Cc2ccccc2)cc(-c2nc3ccccc3n2C)c1. The Balaban J connectivity index is 1.82. The molecule has 0 amide bonds. The van der Waals surface area contributed by atoms with Gasteiger partial charge in [0, 0.05) is 12.6 Å². The fourth-order valence-corrected chi connectivity index (χ4v) is 3.30. The van der Waals surface area contributed by atoms with Crippen molar-refractivity contribution in [1.82, 2.24) is 9.55 Å². The molecule has 0 unspecified atom stereocenters. The zero-order valence-corrected chi connectivity index (χ0v) is 14.3. The fourth-order valence-electron chi connectivity index (χ4n) is 3.30. The molecule has 0 aliphatic rings. The minimum absolute atomic E-state index is 0.902. The Hall–Kier alpha value is -3.13. The highest BCUT2D eigenvalue weighted by atomic mass is 15.1. The van der Waals surface area contributed by atoms with E-state index in [1.165, 1.54) is 11.1 Å². The van der Waals surface area contributed by atoms with Crippen LogP contribution in [0.4, 0.5) is 0 Å². The van der Waals surface area contributed by atoms with Crippen LogP contribution >= 0.6 is 0 Å². The lowest BCUT2D eigenvalue weighted by atomic mass is 9.99. The molecule has 0 aliphatic carbocycles. The zero-order chi connectivity index (χ0) is 17.2. The lowest BCUT2D eigenvalue weighted by Crippen LogP contribution is -1.95. The van der Waals surface area contributed by atoms with Gasteiger partial charge in [-0.05, 0) is 47.4 Å². The van der Waals surface area contributed by atoms with Crippen LogP contribution < -0.4 is 0 Å². The number of rotatable bonds is 4. The van der Waals surface area contributed by atoms with E-state index in [1.807, 2.05) is 12.1 Å². The van der Waals surface area contributed by atoms with E-state index >= 15 is 0 Å². The molecule has 0 atom stereocenters. The van der Waals surface area contributed by atoms with Crippen molar-refractivity contribution in [1.29, 1.82) is 0 Å². The van der Waals surface area contributed by atoms with E-state index in [1.54, 1.807) is 0 Å². The minimum atomic E-state index is 0.902. The first-order valence-electron chi connectivity index (χ1n) is 8.47. The summed E-state index contributed by atoms with van der Waals surface area (Å²) in [5, 5.41) is 0. The second-order valence-corrected chi connectivity index (χ2v) is 6.31. The molecule has 0 N–H and O–H groups in total. The third-order valence-electron chi connectivity index (χ3n) is 4.55. The first-order valence-corrected chi connectivity index (χ1v) is 8.47. The van der Waals surface area contributed by atoms with Crippen LogP contribution in [0.25, 0.3) is 28.5 Å². The molecule has 2 heteroatoms. The highest BCUT2D eigenvalue weighted by molar-refractivity contribution is 5.81. The van der Waals surface area contributed by atoms with Crippen molar-refractivity contribution >= 4 is 17.1 Å². The Bertz CT molecular complexity index is 1040. The van der Waals surface area contributed by atoms with Crippen LogP contribution in [0.15, 0.2) is 79.4 Å². The van der Waals surface area contributed by atoms with E-state index in [-0.39, 0.29) is 0 Å². The van der Waals surface area contributed by atoms with Gasteiger partial charge in [0.05, 0.1) is 11.0 Å². The van der Waals surface area contributed by atoms with Crippen molar-refractivity contribution in [2.75, 3.05) is 0 Å². The summed E-state index contributed by atoms with van der Waals surface area (Å²) in [6.45, 7) is 3.95. The second kappa shape index (κ2) is 6.40. The van der Waals surface area contributed by atoms with Gasteiger partial charge in [-0.3, -0.25) is 0 Å². The topological polar surface area (TPSA) is 17.8 Å². The number of imidazole rings is 1. The van der Waals surface area contributed by atoms with E-state index in [0.29, 0.717) is 0 Å². The standard InChI is InChI=1S/C23H20N2/c1-3-17-13-19(14-18-9-5-4-6-10-18)16-20(15-17)23-24-21-11-7-8-12-22(21)25(23)2/h3-13,15-16H,1,14H2,2H3. The maximum Gasteiger partial charge on any atom is 0.140 e. The molecule has 4 rings (SSSR count). The summed E-state index contributed by atoms with van der Waals surface area (Å²) in [7, 11) is 2.07. The molecule has 2 nitrogen and oxygen atoms in total. The Kier molecular flexibility index (Phi) is 3.95. The average Bonchev–Trinajstić information content (AvgIpc) is 2.99. The van der Waals surface area contributed by atoms with Gasteiger partial charge < -0.3 is 4.57 Å². The van der Waals surface area contributed by atoms with Gasteiger partial charge in [-0.1, -0.05) is 61.2 Å². The lowest BCUT2D eigenvalue weighted by Gasteiger charge is -2.09. The van der Waals surface area contributed by atoms with Crippen LogP contribution in [0.3, 0.4) is 0 Å². The molecule has 0 aliphatic heterocycles. The number of para-hydroxylation sites is 2. The van der Waals surface area contributed by atoms with Crippen molar-refractivity contribution < 1.29 is 0 Å². The first-order chi connectivity index (χ1) is 12.2. The number of fused-ring (bicyclic) bond motifs is 1. The summed E-state index contributed by atoms with van der Waals surface area (Å²) in [6.07, 6.45) is 2.81. The molecule has 0 radical (unpaired) electrons. The monoisotopic (exact) mass is 324 g/mol. The van der Waals surface area contributed by atoms with Gasteiger partial charge in [0.2, 0.25) is 0 Å². The van der Waals surface area contributed by atoms with Gasteiger partial charge in [-0.2, -0.15) is 0 Å². The molecule has 1 aromatic heterocycles. The molecular weight excluding hydrogens is 304 g/mol. The van der Waals surface area contributed by atoms with E-state index in [4.69, 9.17) is 4.98 Å². The van der Waals surface area contributed by atoms with Gasteiger partial charge in [0.1, 0.15) is 5.82 Å². The Morgan fingerprint density at radius 2 is 1.68 bits per heavy atom. The minimum Gasteiger partial charge on any atom is -0.327 e. The van der Waals surface area contributed by atoms with Crippen LogP contribution in [0, 0.1) is 0 Å². The number of hydrogen-bond donors (Lipinski definition) is 0. The fraction of sp³-hybridized carbons (Fsp3) is 0.0870. The molecule has 25 heavy (non-hydrogen) atoms. The average molecular weight is 324 g/mol. The normalized spacial score (nSPS) is 10.9. The maximum absolute atomic E-state index is 4.83. The molecule has 3 aromatic carbocycles. The van der Waals surface area contributed by atoms with Crippen LogP contribution in [0.2, 0.25) is 0 Å². The summed E-state index contributed by atoms with van der Waals surface area (Å²) < 4.78 is 2.16. The highest BCUT2D eigenvalue weighted by Gasteiger charge is 2.11. The smallest absolute Gasteiger partial charge is 0.140 e. The zero-order valence-electron chi connectivity index (χ0n) is 14.3. The predicted molar refractivity (Wildman–Crippen MR) is 105 cm³/mol. The van der Waals surface area contributed by atoms with Crippen molar-refractivity contribution in [3.05, 3.63) is 96.1 Å². The van der Waals surface area contributed by atoms with Gasteiger partial charge >= 0.3 is 0 Å². The van der Waals surface area contributed by atoms with Crippen molar-refractivity contribution in [2.45, 2.75) is 6.42 Å². The molecule has 122 valence electrons. The van der Waals surface area contributed by atoms with Crippen LogP contribution in [0.1, 0.15) is 16.7 Å². The molecule has 0 bridgehead atoms. The Morgan fingerprint density at radius 3 is 2.44 bits per heavy atom. The number of benzene rings is 3. The van der Waals surface area contributed by atoms with E-state index in [2.05, 4.69) is 84.9 Å². The third-order valence-corrected chi connectivity index (χ3v) is 4.55. The van der Waals surface area contributed by atoms with Gasteiger partial charge in [-0.25, -0.2) is 4.98 Å².